The number of pyridine rings is 2. The standard InChI is InChI=1S/C24H22N2O6/c1-3-11-13-9-26-17(8-15-14(22(26)28)10-31-23(29)24(15,30)4-2)21(13)25-16-5-6-18-12(20(11)16)7-19(27)32-18/h5-6,8,19,27,30H,3-4,7,9-10H2,1-2H3/t19?,24-/m0/s1. The number of ether oxygens (including phenoxy) is 2. The van der Waals surface area contributed by atoms with E-state index in [-0.39, 0.29) is 18.6 Å². The molecule has 2 atom stereocenters. The summed E-state index contributed by atoms with van der Waals surface area (Å²) in [5.74, 6) is -0.0711. The second-order valence-electron chi connectivity index (χ2n) is 8.59. The maximum Gasteiger partial charge on any atom is 0.343 e. The van der Waals surface area contributed by atoms with Crippen LogP contribution in [0, 0.1) is 0 Å². The largest absolute Gasteiger partial charge is 0.464 e. The maximum atomic E-state index is 13.4. The van der Waals surface area contributed by atoms with Crippen molar-refractivity contribution in [2.45, 2.75) is 58.2 Å². The van der Waals surface area contributed by atoms with Gasteiger partial charge in [0.1, 0.15) is 12.4 Å². The molecule has 2 N–H and O–H groups in total. The maximum absolute atomic E-state index is 13.4. The molecule has 0 saturated heterocycles. The van der Waals surface area contributed by atoms with Crippen LogP contribution < -0.4 is 10.3 Å². The summed E-state index contributed by atoms with van der Waals surface area (Å²) < 4.78 is 12.3. The number of fused-ring (bicyclic) bond motifs is 7. The number of aliphatic hydroxyl groups excluding tert-OH is 1. The number of aryl methyl sites for hydroxylation is 1. The number of esters is 1. The number of hydrogen-bond acceptors (Lipinski definition) is 7. The highest BCUT2D eigenvalue weighted by Crippen LogP contribution is 2.43. The first kappa shape index (κ1) is 19.5. The Bertz CT molecular complexity index is 1410. The topological polar surface area (TPSA) is 111 Å². The van der Waals surface area contributed by atoms with E-state index in [4.69, 9.17) is 14.5 Å². The number of carbonyl (C=O) groups excluding carboxylic acids is 1. The summed E-state index contributed by atoms with van der Waals surface area (Å²) in [6.07, 6.45) is 0.347. The predicted molar refractivity (Wildman–Crippen MR) is 114 cm³/mol. The third kappa shape index (κ3) is 2.31. The molecule has 0 amide bonds. The van der Waals surface area contributed by atoms with Crippen molar-refractivity contribution in [3.63, 3.8) is 0 Å². The van der Waals surface area contributed by atoms with Crippen LogP contribution in [-0.4, -0.2) is 32.0 Å². The Kier molecular flexibility index (Phi) is 3.89. The fourth-order valence-corrected chi connectivity index (χ4v) is 5.39. The lowest BCUT2D eigenvalue weighted by molar-refractivity contribution is -0.172. The van der Waals surface area contributed by atoms with Gasteiger partial charge in [-0.2, -0.15) is 0 Å². The zero-order chi connectivity index (χ0) is 22.4. The first-order chi connectivity index (χ1) is 15.4. The molecule has 0 fully saturated rings. The summed E-state index contributed by atoms with van der Waals surface area (Å²) in [6.45, 7) is 3.95. The van der Waals surface area contributed by atoms with E-state index in [1.165, 1.54) is 0 Å². The summed E-state index contributed by atoms with van der Waals surface area (Å²) in [6, 6.07) is 5.41. The minimum Gasteiger partial charge on any atom is -0.464 e. The van der Waals surface area contributed by atoms with Crippen molar-refractivity contribution in [1.29, 1.82) is 0 Å². The molecule has 8 heteroatoms. The van der Waals surface area contributed by atoms with Crippen molar-refractivity contribution in [2.75, 3.05) is 0 Å². The number of aliphatic hydroxyl groups is 2. The first-order valence-electron chi connectivity index (χ1n) is 10.9. The van der Waals surface area contributed by atoms with Crippen molar-refractivity contribution in [1.82, 2.24) is 9.55 Å². The molecule has 32 heavy (non-hydrogen) atoms. The van der Waals surface area contributed by atoms with Crippen LogP contribution in [-0.2, 0) is 41.1 Å². The molecule has 3 aliphatic rings. The molecule has 3 aliphatic heterocycles. The monoisotopic (exact) mass is 434 g/mol. The highest BCUT2D eigenvalue weighted by molar-refractivity contribution is 5.93. The van der Waals surface area contributed by atoms with Crippen LogP contribution in [0.1, 0.15) is 48.1 Å². The molecule has 1 unspecified atom stereocenters. The molecule has 6 rings (SSSR count). The minimum absolute atomic E-state index is 0.106. The SMILES string of the molecule is CCc1c2c(nc3ccc4c(c13)CC(O)O4)-c1cc3c(c(=O)n1C2)COC(=O)[C@]3(O)CC. The number of cyclic esters (lactones) is 1. The van der Waals surface area contributed by atoms with E-state index in [0.717, 1.165) is 34.0 Å². The average molecular weight is 434 g/mol. The van der Waals surface area contributed by atoms with Gasteiger partial charge in [0.25, 0.3) is 5.56 Å². The molecule has 0 bridgehead atoms. The Morgan fingerprint density at radius 3 is 2.78 bits per heavy atom. The van der Waals surface area contributed by atoms with E-state index in [1.54, 1.807) is 17.6 Å². The minimum atomic E-state index is -1.84. The second kappa shape index (κ2) is 6.40. The van der Waals surface area contributed by atoms with Gasteiger partial charge in [0.2, 0.25) is 6.29 Å². The van der Waals surface area contributed by atoms with Gasteiger partial charge < -0.3 is 24.3 Å². The van der Waals surface area contributed by atoms with E-state index >= 15 is 0 Å². The lowest BCUT2D eigenvalue weighted by atomic mass is 9.86. The zero-order valence-corrected chi connectivity index (χ0v) is 17.8. The molecule has 0 radical (unpaired) electrons. The Morgan fingerprint density at radius 2 is 2.03 bits per heavy atom. The van der Waals surface area contributed by atoms with Gasteiger partial charge in [-0.15, -0.1) is 0 Å². The molecule has 0 saturated carbocycles. The van der Waals surface area contributed by atoms with Gasteiger partial charge in [-0.1, -0.05) is 13.8 Å². The molecular formula is C24H22N2O6. The Morgan fingerprint density at radius 1 is 1.22 bits per heavy atom. The molecule has 1 aromatic carbocycles. The van der Waals surface area contributed by atoms with Crippen LogP contribution in [0.4, 0.5) is 0 Å². The van der Waals surface area contributed by atoms with Crippen molar-refractivity contribution < 1.29 is 24.5 Å². The number of aromatic nitrogens is 2. The quantitative estimate of drug-likeness (QED) is 0.464. The fourth-order valence-electron chi connectivity index (χ4n) is 5.39. The van der Waals surface area contributed by atoms with Gasteiger partial charge in [-0.3, -0.25) is 4.79 Å². The lowest BCUT2D eigenvalue weighted by Crippen LogP contribution is -2.44. The molecule has 5 heterocycles. The molecule has 2 aromatic heterocycles. The number of benzene rings is 1. The second-order valence-corrected chi connectivity index (χ2v) is 8.59. The van der Waals surface area contributed by atoms with Crippen LogP contribution in [0.5, 0.6) is 5.75 Å². The third-order valence-electron chi connectivity index (χ3n) is 7.03. The molecule has 0 aliphatic carbocycles. The molecule has 3 aromatic rings. The van der Waals surface area contributed by atoms with Crippen molar-refractivity contribution in [2.24, 2.45) is 0 Å². The van der Waals surface area contributed by atoms with Crippen molar-refractivity contribution >= 4 is 16.9 Å². The van der Waals surface area contributed by atoms with Crippen LogP contribution in [0.3, 0.4) is 0 Å². The number of nitrogens with zero attached hydrogens (tertiary/aromatic N) is 2. The summed E-state index contributed by atoms with van der Waals surface area (Å²) >= 11 is 0. The van der Waals surface area contributed by atoms with Crippen LogP contribution in [0.15, 0.2) is 23.0 Å². The summed E-state index contributed by atoms with van der Waals surface area (Å²) in [5.41, 5.74) is 3.50. The van der Waals surface area contributed by atoms with Crippen LogP contribution in [0.25, 0.3) is 22.3 Å². The van der Waals surface area contributed by atoms with E-state index in [9.17, 15) is 19.8 Å². The molecule has 0 spiro atoms. The van der Waals surface area contributed by atoms with E-state index in [1.807, 2.05) is 12.1 Å². The van der Waals surface area contributed by atoms with E-state index in [0.29, 0.717) is 41.2 Å². The van der Waals surface area contributed by atoms with Gasteiger partial charge >= 0.3 is 5.97 Å². The van der Waals surface area contributed by atoms with E-state index in [2.05, 4.69) is 6.92 Å². The number of hydrogen-bond donors (Lipinski definition) is 2. The molecular weight excluding hydrogens is 412 g/mol. The van der Waals surface area contributed by atoms with Gasteiger partial charge in [0, 0.05) is 28.5 Å². The summed E-state index contributed by atoms with van der Waals surface area (Å²) in [7, 11) is 0. The Hall–Kier alpha value is -3.23. The summed E-state index contributed by atoms with van der Waals surface area (Å²) in [5, 5.41) is 22.0. The normalized spacial score (nSPS) is 22.8. The van der Waals surface area contributed by atoms with Gasteiger partial charge in [-0.25, -0.2) is 9.78 Å². The van der Waals surface area contributed by atoms with Gasteiger partial charge in [-0.05, 0) is 36.6 Å². The first-order valence-corrected chi connectivity index (χ1v) is 10.9. The van der Waals surface area contributed by atoms with Crippen LogP contribution in [0.2, 0.25) is 0 Å². The Labute approximate surface area is 183 Å². The highest BCUT2D eigenvalue weighted by atomic mass is 16.6. The van der Waals surface area contributed by atoms with Gasteiger partial charge in [0.15, 0.2) is 5.60 Å². The van der Waals surface area contributed by atoms with Crippen molar-refractivity contribution in [3.8, 4) is 17.1 Å². The molecule has 8 nitrogen and oxygen atoms in total. The third-order valence-corrected chi connectivity index (χ3v) is 7.03. The van der Waals surface area contributed by atoms with Gasteiger partial charge in [0.05, 0.1) is 29.0 Å². The fraction of sp³-hybridized carbons (Fsp3) is 0.375. The Balaban J connectivity index is 1.65. The number of carbonyl (C=O) groups is 1. The van der Waals surface area contributed by atoms with Crippen LogP contribution >= 0.6 is 0 Å². The zero-order valence-electron chi connectivity index (χ0n) is 17.8. The lowest BCUT2D eigenvalue weighted by Gasteiger charge is -2.31. The van der Waals surface area contributed by atoms with E-state index < -0.39 is 17.9 Å². The average Bonchev–Trinajstić information content (AvgIpc) is 3.35. The molecule has 164 valence electrons. The predicted octanol–water partition coefficient (Wildman–Crippen LogP) is 1.90. The highest BCUT2D eigenvalue weighted by Gasteiger charge is 2.45. The number of rotatable bonds is 2. The smallest absolute Gasteiger partial charge is 0.343 e. The summed E-state index contributed by atoms with van der Waals surface area (Å²) in [4.78, 5) is 30.6. The van der Waals surface area contributed by atoms with Crippen molar-refractivity contribution in [3.05, 3.63) is 56.4 Å².